The lowest BCUT2D eigenvalue weighted by Crippen LogP contribution is -2.22. The van der Waals surface area contributed by atoms with E-state index in [1.807, 2.05) is 32.2 Å². The molecule has 0 saturated heterocycles. The van der Waals surface area contributed by atoms with Crippen LogP contribution in [0.2, 0.25) is 0 Å². The fourth-order valence-corrected chi connectivity index (χ4v) is 2.67. The van der Waals surface area contributed by atoms with Crippen LogP contribution in [0, 0.1) is 0 Å². The van der Waals surface area contributed by atoms with Gasteiger partial charge in [0.05, 0.1) is 25.5 Å². The number of benzene rings is 1. The Balaban J connectivity index is 3.39. The quantitative estimate of drug-likeness (QED) is 0.813. The molecule has 0 saturated carbocycles. The molecule has 1 aromatic rings. The highest BCUT2D eigenvalue weighted by molar-refractivity contribution is 7.98. The molecular weight excluding hydrogens is 264 g/mol. The lowest BCUT2D eigenvalue weighted by molar-refractivity contribution is -0.138. The number of aliphatic carboxylic acids is 1. The number of methoxy groups -OCH3 is 2. The van der Waals surface area contributed by atoms with E-state index in [4.69, 9.17) is 14.6 Å². The molecule has 0 fully saturated rings. The van der Waals surface area contributed by atoms with Gasteiger partial charge in [0.1, 0.15) is 0 Å². The number of carbonyl (C=O) groups is 1. The highest BCUT2D eigenvalue weighted by atomic mass is 32.2. The van der Waals surface area contributed by atoms with E-state index in [-0.39, 0.29) is 6.42 Å². The van der Waals surface area contributed by atoms with E-state index >= 15 is 0 Å². The monoisotopic (exact) mass is 284 g/mol. The highest BCUT2D eigenvalue weighted by Crippen LogP contribution is 2.44. The van der Waals surface area contributed by atoms with Gasteiger partial charge in [-0.15, -0.1) is 11.8 Å². The molecule has 4 nitrogen and oxygen atoms in total. The van der Waals surface area contributed by atoms with Crippen LogP contribution < -0.4 is 9.47 Å². The van der Waals surface area contributed by atoms with Crippen molar-refractivity contribution >= 4 is 17.7 Å². The van der Waals surface area contributed by atoms with Crippen molar-refractivity contribution in [1.82, 2.24) is 0 Å². The predicted molar refractivity (Wildman–Crippen MR) is 76.6 cm³/mol. The molecule has 0 spiro atoms. The molecule has 19 heavy (non-hydrogen) atoms. The SMILES string of the molecule is COc1c(SC)ccc(C(C)(C)CC(=O)O)c1OC. The minimum absolute atomic E-state index is 0.0329. The number of ether oxygens (including phenoxy) is 2. The van der Waals surface area contributed by atoms with Gasteiger partial charge in [-0.25, -0.2) is 0 Å². The van der Waals surface area contributed by atoms with Gasteiger partial charge in [0.25, 0.3) is 0 Å². The summed E-state index contributed by atoms with van der Waals surface area (Å²) < 4.78 is 10.9. The van der Waals surface area contributed by atoms with Crippen LogP contribution in [-0.4, -0.2) is 31.6 Å². The number of carboxylic acids is 1. The van der Waals surface area contributed by atoms with E-state index in [9.17, 15) is 4.79 Å². The van der Waals surface area contributed by atoms with E-state index < -0.39 is 11.4 Å². The van der Waals surface area contributed by atoms with Crippen molar-refractivity contribution in [2.45, 2.75) is 30.6 Å². The van der Waals surface area contributed by atoms with Crippen LogP contribution in [0.1, 0.15) is 25.8 Å². The van der Waals surface area contributed by atoms with Gasteiger partial charge in [0.15, 0.2) is 11.5 Å². The standard InChI is InChI=1S/C14H20O4S/c1-14(2,8-11(15)16)9-6-7-10(19-5)13(18-4)12(9)17-3/h6-7H,8H2,1-5H3,(H,15,16). The molecule has 0 aromatic heterocycles. The number of carboxylic acid groups (broad SMARTS) is 1. The largest absolute Gasteiger partial charge is 0.493 e. The van der Waals surface area contributed by atoms with E-state index in [1.165, 1.54) is 0 Å². The molecule has 0 bridgehead atoms. The third kappa shape index (κ3) is 3.35. The van der Waals surface area contributed by atoms with Crippen LogP contribution in [0.5, 0.6) is 11.5 Å². The summed E-state index contributed by atoms with van der Waals surface area (Å²) in [6.45, 7) is 3.77. The van der Waals surface area contributed by atoms with Crippen LogP contribution in [0.3, 0.4) is 0 Å². The molecule has 0 unspecified atom stereocenters. The molecule has 0 heterocycles. The third-order valence-corrected chi connectivity index (χ3v) is 3.79. The zero-order valence-corrected chi connectivity index (χ0v) is 12.8. The van der Waals surface area contributed by atoms with Gasteiger partial charge in [-0.2, -0.15) is 0 Å². The molecule has 0 aliphatic heterocycles. The van der Waals surface area contributed by atoms with Crippen molar-refractivity contribution in [3.8, 4) is 11.5 Å². The second kappa shape index (κ2) is 6.19. The van der Waals surface area contributed by atoms with Crippen LogP contribution >= 0.6 is 11.8 Å². The Morgan fingerprint density at radius 3 is 2.26 bits per heavy atom. The van der Waals surface area contributed by atoms with Gasteiger partial charge in [-0.05, 0) is 12.3 Å². The summed E-state index contributed by atoms with van der Waals surface area (Å²) in [6, 6.07) is 3.85. The lowest BCUT2D eigenvalue weighted by atomic mass is 9.81. The number of hydrogen-bond acceptors (Lipinski definition) is 4. The van der Waals surface area contributed by atoms with E-state index in [0.29, 0.717) is 11.5 Å². The molecule has 106 valence electrons. The van der Waals surface area contributed by atoms with Crippen molar-refractivity contribution in [1.29, 1.82) is 0 Å². The van der Waals surface area contributed by atoms with E-state index in [1.54, 1.807) is 26.0 Å². The highest BCUT2D eigenvalue weighted by Gasteiger charge is 2.30. The summed E-state index contributed by atoms with van der Waals surface area (Å²) in [5.74, 6) is 0.437. The second-order valence-electron chi connectivity index (χ2n) is 4.84. The van der Waals surface area contributed by atoms with Gasteiger partial charge >= 0.3 is 5.97 Å². The molecule has 1 N–H and O–H groups in total. The fourth-order valence-electron chi connectivity index (χ4n) is 2.11. The van der Waals surface area contributed by atoms with Gasteiger partial charge in [-0.3, -0.25) is 4.79 Å². The Hall–Kier alpha value is -1.36. The molecule has 0 radical (unpaired) electrons. The maximum absolute atomic E-state index is 11.0. The smallest absolute Gasteiger partial charge is 0.304 e. The second-order valence-corrected chi connectivity index (χ2v) is 5.68. The molecule has 0 amide bonds. The van der Waals surface area contributed by atoms with Gasteiger partial charge in [0, 0.05) is 11.0 Å². The topological polar surface area (TPSA) is 55.8 Å². The first-order valence-corrected chi connectivity index (χ1v) is 7.11. The van der Waals surface area contributed by atoms with Crippen molar-refractivity contribution in [2.75, 3.05) is 20.5 Å². The van der Waals surface area contributed by atoms with Crippen molar-refractivity contribution < 1.29 is 19.4 Å². The first-order chi connectivity index (χ1) is 8.87. The minimum Gasteiger partial charge on any atom is -0.493 e. The van der Waals surface area contributed by atoms with Crippen molar-refractivity contribution in [2.24, 2.45) is 0 Å². The summed E-state index contributed by atoms with van der Waals surface area (Å²) in [4.78, 5) is 12.0. The molecule has 0 aliphatic rings. The first-order valence-electron chi connectivity index (χ1n) is 5.88. The third-order valence-electron chi connectivity index (χ3n) is 3.03. The molecule has 1 rings (SSSR count). The summed E-state index contributed by atoms with van der Waals surface area (Å²) >= 11 is 1.56. The Kier molecular flexibility index (Phi) is 5.11. The average molecular weight is 284 g/mol. The molecule has 1 aromatic carbocycles. The fraction of sp³-hybridized carbons (Fsp3) is 0.500. The summed E-state index contributed by atoms with van der Waals surface area (Å²) in [5.41, 5.74) is 0.313. The van der Waals surface area contributed by atoms with Gasteiger partial charge < -0.3 is 14.6 Å². The van der Waals surface area contributed by atoms with Crippen LogP contribution in [0.4, 0.5) is 0 Å². The van der Waals surface area contributed by atoms with Crippen molar-refractivity contribution in [3.05, 3.63) is 17.7 Å². The Bertz CT molecular complexity index is 469. The van der Waals surface area contributed by atoms with Gasteiger partial charge in [-0.1, -0.05) is 19.9 Å². The molecule has 0 atom stereocenters. The summed E-state index contributed by atoms with van der Waals surface area (Å²) in [6.07, 6.45) is 1.99. The maximum Gasteiger partial charge on any atom is 0.304 e. The molecule has 0 aliphatic carbocycles. The van der Waals surface area contributed by atoms with Crippen molar-refractivity contribution in [3.63, 3.8) is 0 Å². The molecular formula is C14H20O4S. The average Bonchev–Trinajstić information content (AvgIpc) is 2.34. The van der Waals surface area contributed by atoms with E-state index in [2.05, 4.69) is 0 Å². The Labute approximate surface area is 118 Å². The number of thioether (sulfide) groups is 1. The zero-order chi connectivity index (χ0) is 14.6. The van der Waals surface area contributed by atoms with E-state index in [0.717, 1.165) is 10.5 Å². The van der Waals surface area contributed by atoms with Crippen LogP contribution in [0.15, 0.2) is 17.0 Å². The minimum atomic E-state index is -0.833. The van der Waals surface area contributed by atoms with Crippen LogP contribution in [-0.2, 0) is 10.2 Å². The zero-order valence-electron chi connectivity index (χ0n) is 11.9. The number of hydrogen-bond donors (Lipinski definition) is 1. The number of rotatable bonds is 6. The normalized spacial score (nSPS) is 11.2. The van der Waals surface area contributed by atoms with Gasteiger partial charge in [0.2, 0.25) is 0 Å². The Morgan fingerprint density at radius 1 is 1.26 bits per heavy atom. The molecule has 5 heteroatoms. The van der Waals surface area contributed by atoms with Crippen LogP contribution in [0.25, 0.3) is 0 Å². The predicted octanol–water partition coefficient (Wildman–Crippen LogP) is 3.18. The maximum atomic E-state index is 11.0. The lowest BCUT2D eigenvalue weighted by Gasteiger charge is -2.27. The summed E-state index contributed by atoms with van der Waals surface area (Å²) in [5, 5.41) is 9.03. The Morgan fingerprint density at radius 2 is 1.84 bits per heavy atom. The first kappa shape index (κ1) is 15.7. The summed E-state index contributed by atoms with van der Waals surface area (Å²) in [7, 11) is 3.16.